The Morgan fingerprint density at radius 3 is 3.04 bits per heavy atom. The number of carbonyl (C=O) groups is 1. The maximum atomic E-state index is 12.8. The van der Waals surface area contributed by atoms with Crippen molar-refractivity contribution in [2.24, 2.45) is 0 Å². The van der Waals surface area contributed by atoms with Gasteiger partial charge in [-0.15, -0.1) is 0 Å². The number of H-pyrrole nitrogens is 1. The number of furan rings is 1. The number of carbonyl (C=O) groups excluding carboxylic acids is 1. The van der Waals surface area contributed by atoms with Gasteiger partial charge in [-0.05, 0) is 31.0 Å². The number of aromatic nitrogens is 1. The van der Waals surface area contributed by atoms with E-state index in [9.17, 15) is 9.90 Å². The summed E-state index contributed by atoms with van der Waals surface area (Å²) in [5.41, 5.74) is 0.495. The van der Waals surface area contributed by atoms with Crippen LogP contribution in [0.4, 0.5) is 0 Å². The molecule has 23 heavy (non-hydrogen) atoms. The van der Waals surface area contributed by atoms with Crippen LogP contribution in [0.5, 0.6) is 0 Å². The van der Waals surface area contributed by atoms with Gasteiger partial charge in [-0.1, -0.05) is 24.4 Å². The van der Waals surface area contributed by atoms with Crippen LogP contribution in [0.1, 0.15) is 54.5 Å². The Labute approximate surface area is 140 Å². The number of rotatable bonds is 4. The molecule has 2 N–H and O–H groups in total. The minimum absolute atomic E-state index is 0.00724. The molecule has 5 nitrogen and oxygen atoms in total. The number of aliphatic hydroxyl groups is 1. The van der Waals surface area contributed by atoms with Crippen molar-refractivity contribution in [1.82, 2.24) is 9.88 Å². The van der Waals surface area contributed by atoms with E-state index in [0.717, 1.165) is 25.7 Å². The van der Waals surface area contributed by atoms with Crippen molar-refractivity contribution in [3.05, 3.63) is 47.1 Å². The first-order chi connectivity index (χ1) is 11.1. The van der Waals surface area contributed by atoms with E-state index in [-0.39, 0.29) is 11.9 Å². The number of amides is 1. The number of aromatic amines is 1. The highest BCUT2D eigenvalue weighted by atomic mass is 35.5. The number of halogens is 1. The first-order valence-electron chi connectivity index (χ1n) is 8.01. The predicted octanol–water partition coefficient (Wildman–Crippen LogP) is 3.77. The van der Waals surface area contributed by atoms with Gasteiger partial charge >= 0.3 is 0 Å². The van der Waals surface area contributed by atoms with Crippen molar-refractivity contribution in [2.75, 3.05) is 6.54 Å². The second-order valence-corrected chi connectivity index (χ2v) is 6.44. The van der Waals surface area contributed by atoms with Gasteiger partial charge in [-0.25, -0.2) is 0 Å². The Bertz CT molecular complexity index is 638. The highest BCUT2D eigenvalue weighted by Crippen LogP contribution is 2.28. The zero-order valence-corrected chi connectivity index (χ0v) is 13.6. The van der Waals surface area contributed by atoms with Gasteiger partial charge in [0.2, 0.25) is 0 Å². The SMILES string of the molecule is O=C(c1cc(Cl)c[nH]1)N1CCCCCC1CC(O)c1ccco1. The smallest absolute Gasteiger partial charge is 0.270 e. The van der Waals surface area contributed by atoms with Crippen LogP contribution in [0.3, 0.4) is 0 Å². The molecule has 0 aromatic carbocycles. The summed E-state index contributed by atoms with van der Waals surface area (Å²) >= 11 is 5.91. The Morgan fingerprint density at radius 2 is 2.35 bits per heavy atom. The van der Waals surface area contributed by atoms with E-state index >= 15 is 0 Å². The largest absolute Gasteiger partial charge is 0.467 e. The molecule has 0 saturated carbocycles. The first kappa shape index (κ1) is 16.1. The van der Waals surface area contributed by atoms with Crippen molar-refractivity contribution in [1.29, 1.82) is 0 Å². The molecule has 0 radical (unpaired) electrons. The molecule has 0 aliphatic carbocycles. The van der Waals surface area contributed by atoms with E-state index in [0.29, 0.717) is 29.4 Å². The summed E-state index contributed by atoms with van der Waals surface area (Å²) in [4.78, 5) is 17.6. The third-order valence-electron chi connectivity index (χ3n) is 4.38. The van der Waals surface area contributed by atoms with Crippen LogP contribution in [0.15, 0.2) is 35.1 Å². The van der Waals surface area contributed by atoms with Crippen molar-refractivity contribution < 1.29 is 14.3 Å². The van der Waals surface area contributed by atoms with E-state index in [4.69, 9.17) is 16.0 Å². The van der Waals surface area contributed by atoms with Crippen LogP contribution in [-0.4, -0.2) is 33.5 Å². The van der Waals surface area contributed by atoms with Crippen LogP contribution in [0.2, 0.25) is 5.02 Å². The Morgan fingerprint density at radius 1 is 1.48 bits per heavy atom. The lowest BCUT2D eigenvalue weighted by Crippen LogP contribution is -2.41. The molecular weight excluding hydrogens is 316 g/mol. The average Bonchev–Trinajstić information content (AvgIpc) is 3.16. The fraction of sp³-hybridized carbons (Fsp3) is 0.471. The Balaban J connectivity index is 1.75. The molecule has 6 heteroatoms. The first-order valence-corrected chi connectivity index (χ1v) is 8.39. The maximum Gasteiger partial charge on any atom is 0.270 e. The van der Waals surface area contributed by atoms with Crippen LogP contribution in [-0.2, 0) is 0 Å². The molecule has 1 amide bonds. The van der Waals surface area contributed by atoms with E-state index in [2.05, 4.69) is 4.98 Å². The summed E-state index contributed by atoms with van der Waals surface area (Å²) in [6.45, 7) is 0.699. The van der Waals surface area contributed by atoms with Gasteiger partial charge in [-0.3, -0.25) is 4.79 Å². The topological polar surface area (TPSA) is 69.5 Å². The lowest BCUT2D eigenvalue weighted by atomic mass is 10.0. The molecule has 1 fully saturated rings. The third-order valence-corrected chi connectivity index (χ3v) is 4.60. The lowest BCUT2D eigenvalue weighted by Gasteiger charge is -2.31. The fourth-order valence-electron chi connectivity index (χ4n) is 3.19. The van der Waals surface area contributed by atoms with E-state index < -0.39 is 6.10 Å². The molecule has 0 spiro atoms. The van der Waals surface area contributed by atoms with E-state index in [1.807, 2.05) is 4.90 Å². The quantitative estimate of drug-likeness (QED) is 0.892. The highest BCUT2D eigenvalue weighted by Gasteiger charge is 2.29. The summed E-state index contributed by atoms with van der Waals surface area (Å²) in [6.07, 6.45) is 6.97. The van der Waals surface area contributed by atoms with Crippen LogP contribution in [0, 0.1) is 0 Å². The molecule has 1 aliphatic heterocycles. The van der Waals surface area contributed by atoms with Gasteiger partial charge in [0.15, 0.2) is 0 Å². The van der Waals surface area contributed by atoms with Gasteiger partial charge in [0.25, 0.3) is 5.91 Å². The van der Waals surface area contributed by atoms with Crippen molar-refractivity contribution in [3.63, 3.8) is 0 Å². The number of nitrogens with zero attached hydrogens (tertiary/aromatic N) is 1. The summed E-state index contributed by atoms with van der Waals surface area (Å²) < 4.78 is 5.27. The summed E-state index contributed by atoms with van der Waals surface area (Å²) in [5, 5.41) is 10.9. The van der Waals surface area contributed by atoms with E-state index in [1.54, 1.807) is 30.7 Å². The third kappa shape index (κ3) is 3.79. The van der Waals surface area contributed by atoms with E-state index in [1.165, 1.54) is 0 Å². The van der Waals surface area contributed by atoms with Crippen molar-refractivity contribution >= 4 is 17.5 Å². The molecule has 3 rings (SSSR count). The number of likely N-dealkylation sites (tertiary alicyclic amines) is 1. The number of nitrogens with one attached hydrogen (secondary N) is 1. The zero-order valence-electron chi connectivity index (χ0n) is 12.9. The fourth-order valence-corrected chi connectivity index (χ4v) is 3.35. The van der Waals surface area contributed by atoms with Crippen LogP contribution >= 0.6 is 11.6 Å². The number of hydrogen-bond donors (Lipinski definition) is 2. The molecule has 1 aliphatic rings. The van der Waals surface area contributed by atoms with Crippen molar-refractivity contribution in [3.8, 4) is 0 Å². The Hall–Kier alpha value is -1.72. The lowest BCUT2D eigenvalue weighted by molar-refractivity contribution is 0.0553. The summed E-state index contributed by atoms with van der Waals surface area (Å²) in [5.74, 6) is 0.486. The van der Waals surface area contributed by atoms with Gasteiger partial charge in [0, 0.05) is 25.2 Å². The second kappa shape index (κ2) is 7.23. The molecule has 2 atom stereocenters. The normalized spacial score (nSPS) is 20.3. The minimum atomic E-state index is -0.698. The highest BCUT2D eigenvalue weighted by molar-refractivity contribution is 6.30. The molecule has 2 aromatic rings. The molecule has 2 aromatic heterocycles. The monoisotopic (exact) mass is 336 g/mol. The second-order valence-electron chi connectivity index (χ2n) is 6.00. The molecule has 2 unspecified atom stereocenters. The Kier molecular flexibility index (Phi) is 5.08. The van der Waals surface area contributed by atoms with Gasteiger partial charge in [-0.2, -0.15) is 0 Å². The number of hydrogen-bond acceptors (Lipinski definition) is 3. The van der Waals surface area contributed by atoms with Gasteiger partial charge in [0.05, 0.1) is 11.3 Å². The minimum Gasteiger partial charge on any atom is -0.467 e. The predicted molar refractivity (Wildman–Crippen MR) is 87.4 cm³/mol. The number of aliphatic hydroxyl groups excluding tert-OH is 1. The molecular formula is C17H21ClN2O3. The maximum absolute atomic E-state index is 12.8. The molecule has 1 saturated heterocycles. The molecule has 0 bridgehead atoms. The van der Waals surface area contributed by atoms with Gasteiger partial charge < -0.3 is 19.4 Å². The standard InChI is InChI=1S/C17H21ClN2O3/c18-12-9-14(19-11-12)17(22)20-7-3-1-2-5-13(20)10-15(21)16-6-4-8-23-16/h4,6,8-9,11,13,15,19,21H,1-3,5,7,10H2. The summed E-state index contributed by atoms with van der Waals surface area (Å²) in [7, 11) is 0. The molecule has 124 valence electrons. The summed E-state index contributed by atoms with van der Waals surface area (Å²) in [6, 6.07) is 5.16. The van der Waals surface area contributed by atoms with Gasteiger partial charge in [0.1, 0.15) is 17.6 Å². The van der Waals surface area contributed by atoms with Crippen molar-refractivity contribution in [2.45, 2.75) is 44.2 Å². The zero-order chi connectivity index (χ0) is 16.2. The van der Waals surface area contributed by atoms with Crippen LogP contribution in [0.25, 0.3) is 0 Å². The average molecular weight is 337 g/mol. The molecule has 3 heterocycles. The van der Waals surface area contributed by atoms with Crippen LogP contribution < -0.4 is 0 Å².